The molecule has 2 rings (SSSR count). The van der Waals surface area contributed by atoms with E-state index in [9.17, 15) is 8.42 Å². The van der Waals surface area contributed by atoms with Crippen molar-refractivity contribution in [2.45, 2.75) is 23.8 Å². The van der Waals surface area contributed by atoms with Crippen molar-refractivity contribution in [3.8, 4) is 0 Å². The summed E-state index contributed by atoms with van der Waals surface area (Å²) < 4.78 is 23.1. The van der Waals surface area contributed by atoms with E-state index >= 15 is 0 Å². The topological polar surface area (TPSA) is 46.2 Å². The molecular weight excluding hydrogens is 222 g/mol. The first-order valence-corrected chi connectivity index (χ1v) is 7.17. The minimum absolute atomic E-state index is 0.322. The summed E-state index contributed by atoms with van der Waals surface area (Å²) in [6.45, 7) is 0. The molecular formula is C12H15NO2S. The highest BCUT2D eigenvalue weighted by Gasteiger charge is 2.16. The summed E-state index contributed by atoms with van der Waals surface area (Å²) in [7, 11) is -3.16. The summed E-state index contributed by atoms with van der Waals surface area (Å²) in [5.41, 5.74) is 0.707. The van der Waals surface area contributed by atoms with Crippen LogP contribution in [0, 0.1) is 0 Å². The zero-order valence-electron chi connectivity index (χ0n) is 9.18. The second kappa shape index (κ2) is 4.29. The van der Waals surface area contributed by atoms with E-state index in [2.05, 4.69) is 17.5 Å². The van der Waals surface area contributed by atoms with Gasteiger partial charge in [0.05, 0.1) is 10.6 Å². The van der Waals surface area contributed by atoms with E-state index in [1.54, 1.807) is 12.1 Å². The summed E-state index contributed by atoms with van der Waals surface area (Å²) in [6, 6.07) is 7.37. The quantitative estimate of drug-likeness (QED) is 0.820. The van der Waals surface area contributed by atoms with Crippen molar-refractivity contribution in [3.63, 3.8) is 0 Å². The maximum atomic E-state index is 11.6. The molecule has 1 aliphatic rings. The normalized spacial score (nSPS) is 16.6. The lowest BCUT2D eigenvalue weighted by molar-refractivity contribution is 0.602. The van der Waals surface area contributed by atoms with Gasteiger partial charge in [0.25, 0.3) is 0 Å². The Hall–Kier alpha value is -1.29. The molecule has 0 unspecified atom stereocenters. The molecule has 0 heterocycles. The molecule has 0 amide bonds. The number of hydrogen-bond donors (Lipinski definition) is 1. The molecule has 0 atom stereocenters. The summed E-state index contributed by atoms with van der Waals surface area (Å²) in [4.78, 5) is 0.377. The lowest BCUT2D eigenvalue weighted by atomic mass is 10.2. The Morgan fingerprint density at radius 2 is 1.81 bits per heavy atom. The van der Waals surface area contributed by atoms with Crippen LogP contribution in [-0.4, -0.2) is 20.7 Å². The Balaban J connectivity index is 2.26. The van der Waals surface area contributed by atoms with Crippen LogP contribution in [0.4, 0.5) is 5.69 Å². The zero-order chi connectivity index (χ0) is 11.6. The second-order valence-electron chi connectivity index (χ2n) is 4.05. The Bertz CT molecular complexity index is 498. The van der Waals surface area contributed by atoms with E-state index in [4.69, 9.17) is 0 Å². The third-order valence-corrected chi connectivity index (χ3v) is 3.81. The molecule has 4 heteroatoms. The predicted octanol–water partition coefficient (Wildman–Crippen LogP) is 2.22. The molecule has 0 saturated carbocycles. The maximum absolute atomic E-state index is 11.6. The van der Waals surface area contributed by atoms with E-state index in [1.165, 1.54) is 6.26 Å². The van der Waals surface area contributed by atoms with Crippen LogP contribution in [-0.2, 0) is 9.84 Å². The average Bonchev–Trinajstić information content (AvgIpc) is 2.70. The van der Waals surface area contributed by atoms with Crippen LogP contribution >= 0.6 is 0 Å². The molecule has 0 fully saturated rings. The Morgan fingerprint density at radius 3 is 2.44 bits per heavy atom. The molecule has 86 valence electrons. The average molecular weight is 237 g/mol. The maximum Gasteiger partial charge on any atom is 0.177 e. The van der Waals surface area contributed by atoms with E-state index in [-0.39, 0.29) is 0 Å². The van der Waals surface area contributed by atoms with Crippen LogP contribution in [0.25, 0.3) is 0 Å². The second-order valence-corrected chi connectivity index (χ2v) is 6.04. The molecule has 0 spiro atoms. The third-order valence-electron chi connectivity index (χ3n) is 2.65. The Morgan fingerprint density at radius 1 is 1.19 bits per heavy atom. The number of rotatable bonds is 3. The summed E-state index contributed by atoms with van der Waals surface area (Å²) >= 11 is 0. The van der Waals surface area contributed by atoms with Gasteiger partial charge < -0.3 is 5.32 Å². The van der Waals surface area contributed by atoms with E-state index in [0.717, 1.165) is 12.8 Å². The standard InChI is InChI=1S/C12H15NO2S/c1-16(14,15)12-9-5-4-8-11(12)13-10-6-2-3-7-10/h2-5,8-10,13H,6-7H2,1H3. The molecule has 0 bridgehead atoms. The van der Waals surface area contributed by atoms with Crippen LogP contribution in [0.15, 0.2) is 41.3 Å². The fraction of sp³-hybridized carbons (Fsp3) is 0.333. The molecule has 0 aliphatic heterocycles. The number of benzene rings is 1. The van der Waals surface area contributed by atoms with Crippen LogP contribution in [0.1, 0.15) is 12.8 Å². The lowest BCUT2D eigenvalue weighted by Crippen LogP contribution is -2.17. The van der Waals surface area contributed by atoms with Gasteiger partial charge in [-0.05, 0) is 25.0 Å². The van der Waals surface area contributed by atoms with Crippen LogP contribution < -0.4 is 5.32 Å². The fourth-order valence-corrected chi connectivity index (χ4v) is 2.72. The first-order valence-electron chi connectivity index (χ1n) is 5.28. The lowest BCUT2D eigenvalue weighted by Gasteiger charge is -2.16. The van der Waals surface area contributed by atoms with Crippen molar-refractivity contribution in [1.29, 1.82) is 0 Å². The molecule has 1 aromatic rings. The summed E-state index contributed by atoms with van der Waals surface area (Å²) in [5.74, 6) is 0. The van der Waals surface area contributed by atoms with Crippen molar-refractivity contribution in [3.05, 3.63) is 36.4 Å². The highest BCUT2D eigenvalue weighted by atomic mass is 32.2. The number of para-hydroxylation sites is 1. The largest absolute Gasteiger partial charge is 0.381 e. The molecule has 16 heavy (non-hydrogen) atoms. The molecule has 0 radical (unpaired) electrons. The van der Waals surface area contributed by atoms with Crippen LogP contribution in [0.2, 0.25) is 0 Å². The van der Waals surface area contributed by atoms with Gasteiger partial charge in [0.1, 0.15) is 0 Å². The van der Waals surface area contributed by atoms with Gasteiger partial charge >= 0.3 is 0 Å². The van der Waals surface area contributed by atoms with Crippen molar-refractivity contribution in [2.75, 3.05) is 11.6 Å². The highest BCUT2D eigenvalue weighted by molar-refractivity contribution is 7.90. The minimum Gasteiger partial charge on any atom is -0.381 e. The van der Waals surface area contributed by atoms with Crippen LogP contribution in [0.5, 0.6) is 0 Å². The van der Waals surface area contributed by atoms with Crippen molar-refractivity contribution < 1.29 is 8.42 Å². The van der Waals surface area contributed by atoms with E-state index in [1.807, 2.05) is 12.1 Å². The molecule has 0 aromatic heterocycles. The van der Waals surface area contributed by atoms with Gasteiger partial charge in [-0.25, -0.2) is 8.42 Å². The van der Waals surface area contributed by atoms with Crippen molar-refractivity contribution in [2.24, 2.45) is 0 Å². The molecule has 1 N–H and O–H groups in total. The van der Waals surface area contributed by atoms with Gasteiger partial charge in [0.2, 0.25) is 0 Å². The molecule has 1 aromatic carbocycles. The van der Waals surface area contributed by atoms with Gasteiger partial charge in [-0.15, -0.1) is 0 Å². The molecule has 1 aliphatic carbocycles. The first kappa shape index (κ1) is 11.2. The monoisotopic (exact) mass is 237 g/mol. The summed E-state index contributed by atoms with van der Waals surface area (Å²) in [6.07, 6.45) is 7.37. The number of anilines is 1. The highest BCUT2D eigenvalue weighted by Crippen LogP contribution is 2.24. The number of hydrogen-bond acceptors (Lipinski definition) is 3. The first-order chi connectivity index (χ1) is 7.57. The molecule has 3 nitrogen and oxygen atoms in total. The van der Waals surface area contributed by atoms with Gasteiger partial charge in [-0.1, -0.05) is 24.3 Å². The Labute approximate surface area is 96.1 Å². The smallest absolute Gasteiger partial charge is 0.177 e. The van der Waals surface area contributed by atoms with Crippen LogP contribution in [0.3, 0.4) is 0 Å². The third kappa shape index (κ3) is 2.44. The van der Waals surface area contributed by atoms with Crippen molar-refractivity contribution in [1.82, 2.24) is 0 Å². The Kier molecular flexibility index (Phi) is 3.01. The molecule has 0 saturated heterocycles. The predicted molar refractivity (Wildman–Crippen MR) is 65.3 cm³/mol. The van der Waals surface area contributed by atoms with E-state index < -0.39 is 9.84 Å². The summed E-state index contributed by atoms with van der Waals surface area (Å²) in [5, 5.41) is 3.27. The fourth-order valence-electron chi connectivity index (χ4n) is 1.86. The van der Waals surface area contributed by atoms with Gasteiger partial charge in [-0.2, -0.15) is 0 Å². The van der Waals surface area contributed by atoms with Gasteiger partial charge in [0.15, 0.2) is 9.84 Å². The minimum atomic E-state index is -3.16. The van der Waals surface area contributed by atoms with Gasteiger partial charge in [-0.3, -0.25) is 0 Å². The number of nitrogens with one attached hydrogen (secondary N) is 1. The number of sulfone groups is 1. The zero-order valence-corrected chi connectivity index (χ0v) is 10.00. The SMILES string of the molecule is CS(=O)(=O)c1ccccc1NC1CC=CC1. The van der Waals surface area contributed by atoms with Gasteiger partial charge in [0, 0.05) is 12.3 Å². The van der Waals surface area contributed by atoms with Crippen molar-refractivity contribution >= 4 is 15.5 Å². The van der Waals surface area contributed by atoms with E-state index in [0.29, 0.717) is 16.6 Å².